The quantitative estimate of drug-likeness (QED) is 0.786. The summed E-state index contributed by atoms with van der Waals surface area (Å²) in [6, 6.07) is 0.899. The maximum atomic E-state index is 3.79. The first kappa shape index (κ1) is 13.0. The van der Waals surface area contributed by atoms with E-state index >= 15 is 0 Å². The van der Waals surface area contributed by atoms with Crippen LogP contribution in [-0.4, -0.2) is 12.6 Å². The smallest absolute Gasteiger partial charge is 0.00683 e. The van der Waals surface area contributed by atoms with Gasteiger partial charge in [0.05, 0.1) is 0 Å². The van der Waals surface area contributed by atoms with Crippen molar-refractivity contribution in [3.8, 4) is 0 Å². The van der Waals surface area contributed by atoms with Crippen LogP contribution >= 0.6 is 0 Å². The van der Waals surface area contributed by atoms with E-state index < -0.39 is 0 Å². The molecule has 0 saturated heterocycles. The van der Waals surface area contributed by atoms with Crippen LogP contribution in [0.4, 0.5) is 0 Å². The third kappa shape index (κ3) is 3.10. The summed E-state index contributed by atoms with van der Waals surface area (Å²) in [7, 11) is 0. The van der Waals surface area contributed by atoms with Crippen LogP contribution in [0.2, 0.25) is 0 Å². The summed E-state index contributed by atoms with van der Waals surface area (Å²) in [6.45, 7) is 6.29. The van der Waals surface area contributed by atoms with Gasteiger partial charge in [0.25, 0.3) is 0 Å². The molecule has 0 amide bonds. The molecule has 3 aliphatic carbocycles. The Morgan fingerprint density at radius 1 is 0.889 bits per heavy atom. The van der Waals surface area contributed by atoms with Crippen molar-refractivity contribution in [2.45, 2.75) is 71.3 Å². The van der Waals surface area contributed by atoms with Crippen LogP contribution in [0.1, 0.15) is 65.2 Å². The molecular weight excluding hydrogens is 218 g/mol. The lowest BCUT2D eigenvalue weighted by Crippen LogP contribution is -2.33. The van der Waals surface area contributed by atoms with Gasteiger partial charge in [-0.1, -0.05) is 20.3 Å². The van der Waals surface area contributed by atoms with Gasteiger partial charge in [0.15, 0.2) is 0 Å². The van der Waals surface area contributed by atoms with Crippen molar-refractivity contribution in [1.82, 2.24) is 5.32 Å². The van der Waals surface area contributed by atoms with Crippen LogP contribution < -0.4 is 5.32 Å². The van der Waals surface area contributed by atoms with Gasteiger partial charge >= 0.3 is 0 Å². The van der Waals surface area contributed by atoms with Gasteiger partial charge in [-0.15, -0.1) is 0 Å². The third-order valence-electron chi connectivity index (χ3n) is 5.78. The molecule has 0 aliphatic heterocycles. The van der Waals surface area contributed by atoms with Gasteiger partial charge in [-0.2, -0.15) is 0 Å². The Hall–Kier alpha value is -0.0400. The maximum Gasteiger partial charge on any atom is 0.00683 e. The lowest BCUT2D eigenvalue weighted by atomic mass is 9.69. The van der Waals surface area contributed by atoms with E-state index in [0.29, 0.717) is 0 Å². The monoisotopic (exact) mass is 249 g/mol. The van der Waals surface area contributed by atoms with Crippen molar-refractivity contribution >= 4 is 0 Å². The molecule has 4 atom stereocenters. The van der Waals surface area contributed by atoms with Crippen molar-refractivity contribution < 1.29 is 0 Å². The molecule has 0 spiro atoms. The fourth-order valence-electron chi connectivity index (χ4n) is 4.90. The molecule has 18 heavy (non-hydrogen) atoms. The second kappa shape index (κ2) is 5.53. The highest BCUT2D eigenvalue weighted by Gasteiger charge is 2.37. The maximum absolute atomic E-state index is 3.79. The largest absolute Gasteiger partial charge is 0.314 e. The molecule has 4 unspecified atom stereocenters. The summed E-state index contributed by atoms with van der Waals surface area (Å²) in [4.78, 5) is 0. The molecule has 0 aromatic carbocycles. The van der Waals surface area contributed by atoms with Crippen molar-refractivity contribution in [1.29, 1.82) is 0 Å². The highest BCUT2D eigenvalue weighted by atomic mass is 14.9. The third-order valence-corrected chi connectivity index (χ3v) is 5.78. The molecule has 3 saturated carbocycles. The molecule has 0 radical (unpaired) electrons. The highest BCUT2D eigenvalue weighted by Crippen LogP contribution is 2.45. The Morgan fingerprint density at radius 2 is 1.61 bits per heavy atom. The lowest BCUT2D eigenvalue weighted by Gasteiger charge is -2.37. The summed E-state index contributed by atoms with van der Waals surface area (Å²) in [5.41, 5.74) is 0. The fourth-order valence-corrected chi connectivity index (χ4v) is 4.90. The highest BCUT2D eigenvalue weighted by molar-refractivity contribution is 4.90. The second-order valence-electron chi connectivity index (χ2n) is 7.71. The Bertz CT molecular complexity index is 261. The summed E-state index contributed by atoms with van der Waals surface area (Å²) in [5.74, 6) is 5.08. The van der Waals surface area contributed by atoms with Crippen LogP contribution in [0, 0.1) is 29.6 Å². The molecule has 0 bridgehead atoms. The van der Waals surface area contributed by atoms with Crippen molar-refractivity contribution in [3.05, 3.63) is 0 Å². The first-order chi connectivity index (χ1) is 8.72. The fraction of sp³-hybridized carbons (Fsp3) is 1.00. The number of hydrogen-bond donors (Lipinski definition) is 1. The summed E-state index contributed by atoms with van der Waals surface area (Å²) < 4.78 is 0. The molecule has 3 rings (SSSR count). The SMILES string of the molecule is CC1CC(C)CC(C2CCCC2CNC2CC2)C1. The zero-order chi connectivity index (χ0) is 12.5. The standard InChI is InChI=1S/C17H31N/c1-12-8-13(2)10-15(9-12)17-5-3-4-14(17)11-18-16-6-7-16/h12-18H,3-11H2,1-2H3. The summed E-state index contributed by atoms with van der Waals surface area (Å²) >= 11 is 0. The molecule has 3 fully saturated rings. The van der Waals surface area contributed by atoms with E-state index in [9.17, 15) is 0 Å². The summed E-state index contributed by atoms with van der Waals surface area (Å²) in [6.07, 6.45) is 11.9. The minimum Gasteiger partial charge on any atom is -0.314 e. The van der Waals surface area contributed by atoms with Crippen LogP contribution in [0.25, 0.3) is 0 Å². The van der Waals surface area contributed by atoms with Gasteiger partial charge in [0, 0.05) is 6.04 Å². The van der Waals surface area contributed by atoms with Gasteiger partial charge in [0.2, 0.25) is 0 Å². The zero-order valence-corrected chi connectivity index (χ0v) is 12.3. The van der Waals surface area contributed by atoms with E-state index in [1.807, 2.05) is 0 Å². The Balaban J connectivity index is 1.55. The normalized spacial score (nSPS) is 45.3. The Kier molecular flexibility index (Phi) is 3.98. The van der Waals surface area contributed by atoms with Crippen molar-refractivity contribution in [3.63, 3.8) is 0 Å². The van der Waals surface area contributed by atoms with Crippen molar-refractivity contribution in [2.24, 2.45) is 29.6 Å². The summed E-state index contributed by atoms with van der Waals surface area (Å²) in [5, 5.41) is 3.79. The van der Waals surface area contributed by atoms with Gasteiger partial charge < -0.3 is 5.32 Å². The van der Waals surface area contributed by atoms with E-state index in [-0.39, 0.29) is 0 Å². The number of hydrogen-bond acceptors (Lipinski definition) is 1. The van der Waals surface area contributed by atoms with Gasteiger partial charge in [-0.3, -0.25) is 0 Å². The second-order valence-corrected chi connectivity index (χ2v) is 7.71. The molecule has 1 N–H and O–H groups in total. The van der Waals surface area contributed by atoms with E-state index in [2.05, 4.69) is 19.2 Å². The van der Waals surface area contributed by atoms with E-state index in [1.165, 1.54) is 57.9 Å². The minimum absolute atomic E-state index is 0.899. The molecule has 104 valence electrons. The van der Waals surface area contributed by atoms with E-state index in [1.54, 1.807) is 0 Å². The average molecular weight is 249 g/mol. The molecule has 1 heteroatoms. The predicted molar refractivity (Wildman–Crippen MR) is 77.5 cm³/mol. The molecule has 0 heterocycles. The van der Waals surface area contributed by atoms with Crippen LogP contribution in [0.5, 0.6) is 0 Å². The van der Waals surface area contributed by atoms with Crippen LogP contribution in [0.3, 0.4) is 0 Å². The van der Waals surface area contributed by atoms with Crippen LogP contribution in [0.15, 0.2) is 0 Å². The minimum atomic E-state index is 0.899. The van der Waals surface area contributed by atoms with E-state index in [0.717, 1.165) is 35.6 Å². The van der Waals surface area contributed by atoms with E-state index in [4.69, 9.17) is 0 Å². The molecule has 1 nitrogen and oxygen atoms in total. The average Bonchev–Trinajstić information content (AvgIpc) is 3.02. The van der Waals surface area contributed by atoms with Crippen LogP contribution in [-0.2, 0) is 0 Å². The first-order valence-electron chi connectivity index (χ1n) is 8.45. The zero-order valence-electron chi connectivity index (χ0n) is 12.3. The van der Waals surface area contributed by atoms with Gasteiger partial charge in [-0.05, 0) is 81.1 Å². The lowest BCUT2D eigenvalue weighted by molar-refractivity contribution is 0.134. The molecule has 0 aromatic rings. The predicted octanol–water partition coefficient (Wildman–Crippen LogP) is 4.23. The topological polar surface area (TPSA) is 12.0 Å². The first-order valence-corrected chi connectivity index (χ1v) is 8.45. The number of rotatable bonds is 4. The van der Waals surface area contributed by atoms with Crippen molar-refractivity contribution in [2.75, 3.05) is 6.54 Å². The molecular formula is C17H31N. The number of nitrogens with one attached hydrogen (secondary N) is 1. The van der Waals surface area contributed by atoms with Gasteiger partial charge in [-0.25, -0.2) is 0 Å². The van der Waals surface area contributed by atoms with Gasteiger partial charge in [0.1, 0.15) is 0 Å². The molecule has 3 aliphatic rings. The molecule has 0 aromatic heterocycles. The Labute approximate surface area is 113 Å². The Morgan fingerprint density at radius 3 is 2.28 bits per heavy atom.